The van der Waals surface area contributed by atoms with Gasteiger partial charge in [0.15, 0.2) is 0 Å². The van der Waals surface area contributed by atoms with Crippen LogP contribution in [-0.4, -0.2) is 37.1 Å². The largest absolute Gasteiger partial charge is 0.354 e. The topological polar surface area (TPSA) is 53.2 Å². The standard InChI is InChI=1S/C16H31N3O/c1-11(2)10-18-16(20)12(3)19-15-7-4-6-13(15)14-8-5-9-17-14/h11-15,17,19H,4-10H2,1-3H3,(H,18,20). The zero-order valence-electron chi connectivity index (χ0n) is 13.2. The summed E-state index contributed by atoms with van der Waals surface area (Å²) in [6.07, 6.45) is 6.41. The maximum absolute atomic E-state index is 12.1. The molecule has 2 fully saturated rings. The number of amides is 1. The summed E-state index contributed by atoms with van der Waals surface area (Å²) in [5.74, 6) is 1.36. The fourth-order valence-corrected chi connectivity index (χ4v) is 3.61. The van der Waals surface area contributed by atoms with Crippen LogP contribution >= 0.6 is 0 Å². The van der Waals surface area contributed by atoms with Crippen LogP contribution in [0.1, 0.15) is 52.9 Å². The van der Waals surface area contributed by atoms with Crippen molar-refractivity contribution >= 4 is 5.91 Å². The van der Waals surface area contributed by atoms with Crippen LogP contribution in [0.25, 0.3) is 0 Å². The van der Waals surface area contributed by atoms with Crippen molar-refractivity contribution in [3.63, 3.8) is 0 Å². The van der Waals surface area contributed by atoms with Crippen LogP contribution in [0, 0.1) is 11.8 Å². The van der Waals surface area contributed by atoms with Crippen LogP contribution in [-0.2, 0) is 4.79 Å². The highest BCUT2D eigenvalue weighted by Gasteiger charge is 2.36. The summed E-state index contributed by atoms with van der Waals surface area (Å²) in [7, 11) is 0. The zero-order valence-corrected chi connectivity index (χ0v) is 13.2. The zero-order chi connectivity index (χ0) is 14.5. The molecule has 0 aromatic carbocycles. The predicted octanol–water partition coefficient (Wildman–Crippen LogP) is 1.66. The number of hydrogen-bond acceptors (Lipinski definition) is 3. The second kappa shape index (κ2) is 7.41. The highest BCUT2D eigenvalue weighted by atomic mass is 16.2. The lowest BCUT2D eigenvalue weighted by atomic mass is 9.92. The molecule has 4 nitrogen and oxygen atoms in total. The van der Waals surface area contributed by atoms with Crippen LogP contribution in [0.4, 0.5) is 0 Å². The van der Waals surface area contributed by atoms with Gasteiger partial charge in [0, 0.05) is 18.6 Å². The molecule has 116 valence electrons. The van der Waals surface area contributed by atoms with E-state index in [0.29, 0.717) is 23.9 Å². The molecule has 4 unspecified atom stereocenters. The molecule has 2 rings (SSSR count). The van der Waals surface area contributed by atoms with Gasteiger partial charge in [0.1, 0.15) is 0 Å². The van der Waals surface area contributed by atoms with E-state index in [1.807, 2.05) is 6.92 Å². The van der Waals surface area contributed by atoms with Gasteiger partial charge in [-0.2, -0.15) is 0 Å². The van der Waals surface area contributed by atoms with E-state index in [-0.39, 0.29) is 11.9 Å². The normalized spacial score (nSPS) is 31.7. The third kappa shape index (κ3) is 4.19. The molecule has 1 amide bonds. The Morgan fingerprint density at radius 3 is 2.65 bits per heavy atom. The van der Waals surface area contributed by atoms with Gasteiger partial charge in [-0.1, -0.05) is 20.3 Å². The molecule has 1 saturated heterocycles. The summed E-state index contributed by atoms with van der Waals surface area (Å²) in [6, 6.07) is 1.09. The molecule has 0 spiro atoms. The lowest BCUT2D eigenvalue weighted by Gasteiger charge is -2.29. The number of hydrogen-bond donors (Lipinski definition) is 3. The van der Waals surface area contributed by atoms with Crippen molar-refractivity contribution in [1.29, 1.82) is 0 Å². The summed E-state index contributed by atoms with van der Waals surface area (Å²) in [5, 5.41) is 10.2. The summed E-state index contributed by atoms with van der Waals surface area (Å²) in [6.45, 7) is 8.17. The third-order valence-electron chi connectivity index (χ3n) is 4.73. The Morgan fingerprint density at radius 2 is 2.00 bits per heavy atom. The van der Waals surface area contributed by atoms with Gasteiger partial charge in [0.05, 0.1) is 6.04 Å². The molecule has 4 heteroatoms. The van der Waals surface area contributed by atoms with Gasteiger partial charge in [0.25, 0.3) is 0 Å². The minimum atomic E-state index is -0.0826. The Hall–Kier alpha value is -0.610. The molecular weight excluding hydrogens is 250 g/mol. The molecular formula is C16H31N3O. The van der Waals surface area contributed by atoms with E-state index in [4.69, 9.17) is 0 Å². The molecule has 20 heavy (non-hydrogen) atoms. The Bertz CT molecular complexity index is 313. The summed E-state index contributed by atoms with van der Waals surface area (Å²) in [4.78, 5) is 12.1. The molecule has 1 heterocycles. The first-order valence-electron chi connectivity index (χ1n) is 8.35. The van der Waals surface area contributed by atoms with Crippen LogP contribution < -0.4 is 16.0 Å². The number of carbonyl (C=O) groups excluding carboxylic acids is 1. The van der Waals surface area contributed by atoms with Crippen LogP contribution in [0.2, 0.25) is 0 Å². The molecule has 1 aliphatic heterocycles. The van der Waals surface area contributed by atoms with Crippen molar-refractivity contribution in [2.75, 3.05) is 13.1 Å². The Kier molecular flexibility index (Phi) is 5.85. The highest BCUT2D eigenvalue weighted by Crippen LogP contribution is 2.32. The van der Waals surface area contributed by atoms with Gasteiger partial charge in [-0.15, -0.1) is 0 Å². The third-order valence-corrected chi connectivity index (χ3v) is 4.73. The lowest BCUT2D eigenvalue weighted by molar-refractivity contribution is -0.123. The van der Waals surface area contributed by atoms with Crippen molar-refractivity contribution in [1.82, 2.24) is 16.0 Å². The van der Waals surface area contributed by atoms with Crippen molar-refractivity contribution < 1.29 is 4.79 Å². The lowest BCUT2D eigenvalue weighted by Crippen LogP contribution is -2.50. The van der Waals surface area contributed by atoms with Crippen molar-refractivity contribution in [2.24, 2.45) is 11.8 Å². The van der Waals surface area contributed by atoms with Gasteiger partial charge in [0.2, 0.25) is 5.91 Å². The molecule has 4 atom stereocenters. The van der Waals surface area contributed by atoms with Crippen molar-refractivity contribution in [3.05, 3.63) is 0 Å². The highest BCUT2D eigenvalue weighted by molar-refractivity contribution is 5.81. The Balaban J connectivity index is 1.80. The van der Waals surface area contributed by atoms with Crippen LogP contribution in [0.3, 0.4) is 0 Å². The molecule has 1 saturated carbocycles. The average Bonchev–Trinajstić information content (AvgIpc) is 3.05. The predicted molar refractivity (Wildman–Crippen MR) is 82.6 cm³/mol. The SMILES string of the molecule is CC(C)CNC(=O)C(C)NC1CCCC1C1CCCN1. The second-order valence-corrected chi connectivity index (χ2v) is 6.93. The van der Waals surface area contributed by atoms with E-state index >= 15 is 0 Å². The Labute approximate surface area is 123 Å². The summed E-state index contributed by atoms with van der Waals surface area (Å²) < 4.78 is 0. The van der Waals surface area contributed by atoms with Gasteiger partial charge in [-0.05, 0) is 51.0 Å². The molecule has 0 bridgehead atoms. The Morgan fingerprint density at radius 1 is 1.20 bits per heavy atom. The first-order valence-corrected chi connectivity index (χ1v) is 8.35. The number of carbonyl (C=O) groups is 1. The van der Waals surface area contributed by atoms with Gasteiger partial charge in [-0.3, -0.25) is 4.79 Å². The van der Waals surface area contributed by atoms with E-state index in [2.05, 4.69) is 29.8 Å². The van der Waals surface area contributed by atoms with E-state index in [1.165, 1.54) is 32.1 Å². The quantitative estimate of drug-likeness (QED) is 0.694. The van der Waals surface area contributed by atoms with E-state index in [1.54, 1.807) is 0 Å². The van der Waals surface area contributed by atoms with Crippen molar-refractivity contribution in [3.8, 4) is 0 Å². The number of rotatable bonds is 6. The van der Waals surface area contributed by atoms with E-state index in [0.717, 1.165) is 13.1 Å². The monoisotopic (exact) mass is 281 g/mol. The maximum Gasteiger partial charge on any atom is 0.236 e. The first-order chi connectivity index (χ1) is 9.58. The molecule has 1 aliphatic carbocycles. The molecule has 3 N–H and O–H groups in total. The smallest absolute Gasteiger partial charge is 0.236 e. The van der Waals surface area contributed by atoms with E-state index < -0.39 is 0 Å². The van der Waals surface area contributed by atoms with Gasteiger partial charge < -0.3 is 16.0 Å². The minimum absolute atomic E-state index is 0.0826. The van der Waals surface area contributed by atoms with Gasteiger partial charge in [-0.25, -0.2) is 0 Å². The molecule has 2 aliphatic rings. The van der Waals surface area contributed by atoms with E-state index in [9.17, 15) is 4.79 Å². The summed E-state index contributed by atoms with van der Waals surface area (Å²) >= 11 is 0. The molecule has 0 radical (unpaired) electrons. The second-order valence-electron chi connectivity index (χ2n) is 6.93. The summed E-state index contributed by atoms with van der Waals surface area (Å²) in [5.41, 5.74) is 0. The average molecular weight is 281 g/mol. The van der Waals surface area contributed by atoms with Crippen molar-refractivity contribution in [2.45, 2.75) is 71.0 Å². The maximum atomic E-state index is 12.1. The van der Waals surface area contributed by atoms with Crippen LogP contribution in [0.15, 0.2) is 0 Å². The minimum Gasteiger partial charge on any atom is -0.354 e. The van der Waals surface area contributed by atoms with Crippen LogP contribution in [0.5, 0.6) is 0 Å². The fourth-order valence-electron chi connectivity index (χ4n) is 3.61. The molecule has 0 aromatic rings. The van der Waals surface area contributed by atoms with Gasteiger partial charge >= 0.3 is 0 Å². The first kappa shape index (κ1) is 15.8. The number of nitrogens with one attached hydrogen (secondary N) is 3. The molecule has 0 aromatic heterocycles. The fraction of sp³-hybridized carbons (Fsp3) is 0.938.